The van der Waals surface area contributed by atoms with E-state index in [1.807, 2.05) is 16.7 Å². The van der Waals surface area contributed by atoms with Crippen LogP contribution in [0.25, 0.3) is 22.0 Å². The molecule has 0 N–H and O–H groups in total. The Hall–Kier alpha value is -2.13. The van der Waals surface area contributed by atoms with E-state index in [2.05, 4.69) is 70.3 Å². The zero-order valence-corrected chi connectivity index (χ0v) is 16.7. The van der Waals surface area contributed by atoms with Gasteiger partial charge in [-0.2, -0.15) is 0 Å². The second-order valence-electron chi connectivity index (χ2n) is 8.69. The van der Waals surface area contributed by atoms with Gasteiger partial charge < -0.3 is 4.57 Å². The van der Waals surface area contributed by atoms with E-state index in [1.54, 1.807) is 0 Å². The van der Waals surface area contributed by atoms with Crippen LogP contribution in [0.5, 0.6) is 0 Å². The topological polar surface area (TPSA) is 22.0 Å². The number of fused-ring (bicyclic) bond motifs is 4. The van der Waals surface area contributed by atoms with Crippen LogP contribution in [-0.2, 0) is 6.54 Å². The molecule has 2 nitrogen and oxygen atoms in total. The molecule has 1 aliphatic heterocycles. The van der Waals surface area contributed by atoms with Crippen molar-refractivity contribution in [1.82, 2.24) is 4.57 Å². The lowest BCUT2D eigenvalue weighted by Crippen LogP contribution is -2.52. The Morgan fingerprint density at radius 3 is 2.20 bits per heavy atom. The van der Waals surface area contributed by atoms with Gasteiger partial charge in [-0.1, -0.05) is 76.3 Å². The van der Waals surface area contributed by atoms with Gasteiger partial charge >= 0.3 is 0 Å². The Labute approximate surface area is 150 Å². The molecule has 0 amide bonds. The van der Waals surface area contributed by atoms with Crippen molar-refractivity contribution in [3.05, 3.63) is 64.4 Å². The highest BCUT2D eigenvalue weighted by Crippen LogP contribution is 2.40. The van der Waals surface area contributed by atoms with Gasteiger partial charge in [0.2, 0.25) is 0 Å². The van der Waals surface area contributed by atoms with Crippen LogP contribution in [0.4, 0.5) is 0 Å². The summed E-state index contributed by atoms with van der Waals surface area (Å²) in [5, 5.41) is 3.65. The molecule has 0 atom stereocenters. The quantitative estimate of drug-likeness (QED) is 0.456. The highest BCUT2D eigenvalue weighted by atomic mass is 28.3. The van der Waals surface area contributed by atoms with Crippen molar-refractivity contribution in [1.29, 1.82) is 0 Å². The fraction of sp³-hybridized carbons (Fsp3) is 0.318. The van der Waals surface area contributed by atoms with Gasteiger partial charge in [-0.15, -0.1) is 0 Å². The lowest BCUT2D eigenvalue weighted by molar-refractivity contribution is 0.729. The minimum Gasteiger partial charge on any atom is -0.303 e. The van der Waals surface area contributed by atoms with E-state index < -0.39 is 8.07 Å². The van der Waals surface area contributed by atoms with Gasteiger partial charge in [0, 0.05) is 10.9 Å². The third kappa shape index (κ3) is 2.18. The molecular weight excluding hydrogens is 322 g/mol. The molecule has 4 rings (SSSR count). The third-order valence-corrected chi connectivity index (χ3v) is 11.8. The van der Waals surface area contributed by atoms with E-state index in [-0.39, 0.29) is 10.6 Å². The molecule has 0 saturated carbocycles. The predicted octanol–water partition coefficient (Wildman–Crippen LogP) is 4.75. The van der Waals surface area contributed by atoms with Crippen LogP contribution in [0.1, 0.15) is 26.3 Å². The van der Waals surface area contributed by atoms with Crippen LogP contribution in [0, 0.1) is 0 Å². The second-order valence-corrected chi connectivity index (χ2v) is 13.9. The lowest BCUT2D eigenvalue weighted by Gasteiger charge is -2.39. The first-order valence-corrected chi connectivity index (χ1v) is 12.0. The molecule has 0 radical (unpaired) electrons. The molecule has 3 aromatic rings. The highest BCUT2D eigenvalue weighted by Gasteiger charge is 2.42. The van der Waals surface area contributed by atoms with Crippen LogP contribution < -0.4 is 10.7 Å². The van der Waals surface area contributed by atoms with Crippen LogP contribution >= 0.6 is 0 Å². The molecule has 1 aliphatic rings. The van der Waals surface area contributed by atoms with Gasteiger partial charge in [0.1, 0.15) is 0 Å². The van der Waals surface area contributed by atoms with Crippen molar-refractivity contribution in [2.45, 2.75) is 45.4 Å². The Balaban J connectivity index is 2.24. The molecule has 0 aliphatic carbocycles. The first-order valence-electron chi connectivity index (χ1n) is 8.98. The van der Waals surface area contributed by atoms with Gasteiger partial charge in [-0.05, 0) is 27.2 Å². The van der Waals surface area contributed by atoms with E-state index in [0.717, 1.165) is 10.8 Å². The Kier molecular flexibility index (Phi) is 3.39. The zero-order valence-electron chi connectivity index (χ0n) is 15.7. The minimum atomic E-state index is -1.85. The van der Waals surface area contributed by atoms with Gasteiger partial charge in [-0.3, -0.25) is 4.79 Å². The summed E-state index contributed by atoms with van der Waals surface area (Å²) in [5.74, 6) is 0. The fourth-order valence-corrected chi connectivity index (χ4v) is 6.40. The lowest BCUT2D eigenvalue weighted by atomic mass is 10.1. The average molecular weight is 348 g/mol. The summed E-state index contributed by atoms with van der Waals surface area (Å²) >= 11 is 0. The number of rotatable bonds is 1. The number of aromatic nitrogens is 1. The highest BCUT2D eigenvalue weighted by molar-refractivity contribution is 6.94. The molecule has 2 aromatic carbocycles. The number of hydrogen-bond donors (Lipinski definition) is 0. The molecule has 0 spiro atoms. The van der Waals surface area contributed by atoms with Crippen LogP contribution in [0.3, 0.4) is 0 Å². The van der Waals surface area contributed by atoms with Crippen molar-refractivity contribution < 1.29 is 0 Å². The Morgan fingerprint density at radius 1 is 0.920 bits per heavy atom. The molecule has 0 saturated heterocycles. The first-order chi connectivity index (χ1) is 11.7. The van der Waals surface area contributed by atoms with E-state index in [9.17, 15) is 4.79 Å². The number of hydrogen-bond acceptors (Lipinski definition) is 1. The summed E-state index contributed by atoms with van der Waals surface area (Å²) in [6, 6.07) is 16.7. The molecule has 25 heavy (non-hydrogen) atoms. The summed E-state index contributed by atoms with van der Waals surface area (Å²) in [7, 11) is -1.85. The summed E-state index contributed by atoms with van der Waals surface area (Å²) in [4.78, 5) is 13.2. The maximum Gasteiger partial charge on any atom is 0.259 e. The van der Waals surface area contributed by atoms with Crippen molar-refractivity contribution in [3.63, 3.8) is 0 Å². The van der Waals surface area contributed by atoms with Crippen LogP contribution in [0.15, 0.2) is 53.3 Å². The molecular formula is C22H25NOSi. The van der Waals surface area contributed by atoms with E-state index >= 15 is 0 Å². The standard InChI is InChI=1S/C22H25NOSi/c1-22(2,3)25(4,5)20-17-12-8-9-13-18(17)21(24)23-14-15-10-6-7-11-16(15)19(20)23/h6-13H,14H2,1-5H3. The number of benzene rings is 2. The molecule has 3 heteroatoms. The molecule has 128 valence electrons. The predicted molar refractivity (Wildman–Crippen MR) is 110 cm³/mol. The van der Waals surface area contributed by atoms with Crippen LogP contribution in [0.2, 0.25) is 18.1 Å². The molecule has 2 heterocycles. The smallest absolute Gasteiger partial charge is 0.259 e. The van der Waals surface area contributed by atoms with Gasteiger partial charge in [0.05, 0.1) is 20.3 Å². The SMILES string of the molecule is CC(C)(C)[Si](C)(C)c1c2n(c(=O)c3ccccc13)Cc1ccccc1-2. The molecule has 0 bridgehead atoms. The molecule has 1 aromatic heterocycles. The molecule has 0 fully saturated rings. The number of nitrogens with zero attached hydrogens (tertiary/aromatic N) is 1. The van der Waals surface area contributed by atoms with Gasteiger partial charge in [0.25, 0.3) is 5.56 Å². The van der Waals surface area contributed by atoms with Crippen molar-refractivity contribution in [2.24, 2.45) is 0 Å². The van der Waals surface area contributed by atoms with Crippen molar-refractivity contribution >= 4 is 24.0 Å². The summed E-state index contributed by atoms with van der Waals surface area (Å²) in [6.07, 6.45) is 0. The van der Waals surface area contributed by atoms with E-state index in [0.29, 0.717) is 6.54 Å². The van der Waals surface area contributed by atoms with E-state index in [4.69, 9.17) is 0 Å². The summed E-state index contributed by atoms with van der Waals surface area (Å²) in [6.45, 7) is 12.6. The maximum atomic E-state index is 13.2. The second kappa shape index (κ2) is 5.18. The Morgan fingerprint density at radius 2 is 1.52 bits per heavy atom. The van der Waals surface area contributed by atoms with Gasteiger partial charge in [-0.25, -0.2) is 0 Å². The third-order valence-electron chi connectivity index (χ3n) is 6.28. The maximum absolute atomic E-state index is 13.2. The monoisotopic (exact) mass is 347 g/mol. The normalized spacial score (nSPS) is 13.8. The van der Waals surface area contributed by atoms with Crippen molar-refractivity contribution in [3.8, 4) is 11.3 Å². The van der Waals surface area contributed by atoms with Crippen molar-refractivity contribution in [2.75, 3.05) is 0 Å². The van der Waals surface area contributed by atoms with Gasteiger partial charge in [0.15, 0.2) is 0 Å². The Bertz CT molecular complexity index is 1050. The minimum absolute atomic E-state index is 0.143. The largest absolute Gasteiger partial charge is 0.303 e. The first kappa shape index (κ1) is 16.3. The number of pyridine rings is 1. The summed E-state index contributed by atoms with van der Waals surface area (Å²) in [5.41, 5.74) is 3.81. The van der Waals surface area contributed by atoms with E-state index in [1.165, 1.54) is 22.0 Å². The average Bonchev–Trinajstić information content (AvgIpc) is 2.94. The molecule has 0 unspecified atom stereocenters. The summed E-state index contributed by atoms with van der Waals surface area (Å²) < 4.78 is 2.02. The zero-order chi connectivity index (χ0) is 18.0. The van der Waals surface area contributed by atoms with Crippen LogP contribution in [-0.4, -0.2) is 12.6 Å². The fourth-order valence-electron chi connectivity index (χ4n) is 3.90.